The molecule has 2 heterocycles. The molecule has 0 unspecified atom stereocenters. The van der Waals surface area contributed by atoms with Crippen molar-refractivity contribution in [3.05, 3.63) is 40.8 Å². The number of fused-ring (bicyclic) bond motifs is 1. The lowest BCUT2D eigenvalue weighted by Gasteiger charge is -2.26. The number of hydrogen-bond donors (Lipinski definition) is 4. The fraction of sp³-hybridized carbons (Fsp3) is 0.333. The van der Waals surface area contributed by atoms with Gasteiger partial charge in [-0.2, -0.15) is 0 Å². The highest BCUT2D eigenvalue weighted by Crippen LogP contribution is 2.28. The van der Waals surface area contributed by atoms with Crippen molar-refractivity contribution in [2.24, 2.45) is 0 Å². The highest BCUT2D eigenvalue weighted by atomic mass is 16.6. The van der Waals surface area contributed by atoms with E-state index in [1.54, 1.807) is 12.3 Å². The number of nitrogens with zero attached hydrogens (tertiary/aromatic N) is 5. The fourth-order valence-electron chi connectivity index (χ4n) is 3.33. The minimum absolute atomic E-state index is 0.0829. The summed E-state index contributed by atoms with van der Waals surface area (Å²) < 4.78 is 0. The van der Waals surface area contributed by atoms with Crippen LogP contribution in [0.2, 0.25) is 0 Å². The van der Waals surface area contributed by atoms with Gasteiger partial charge in [0.25, 0.3) is 5.69 Å². The molecular weight excluding hydrogens is 376 g/mol. The zero-order chi connectivity index (χ0) is 20.4. The van der Waals surface area contributed by atoms with Gasteiger partial charge < -0.3 is 21.5 Å². The number of nitrogens with one attached hydrogen (secondary N) is 2. The van der Waals surface area contributed by atoms with E-state index in [1.807, 2.05) is 0 Å². The van der Waals surface area contributed by atoms with Gasteiger partial charge in [-0.1, -0.05) is 0 Å². The van der Waals surface area contributed by atoms with Crippen molar-refractivity contribution >= 4 is 39.9 Å². The van der Waals surface area contributed by atoms with Crippen LogP contribution in [0.5, 0.6) is 0 Å². The Balaban J connectivity index is 1.61. The van der Waals surface area contributed by atoms with Crippen LogP contribution < -0.4 is 16.4 Å². The molecule has 0 atom stereocenters. The first kappa shape index (κ1) is 18.7. The number of hydrogen-bond acceptors (Lipinski definition) is 10. The molecule has 0 amide bonds. The van der Waals surface area contributed by atoms with Gasteiger partial charge in [0.15, 0.2) is 5.82 Å². The summed E-state index contributed by atoms with van der Waals surface area (Å²) in [4.78, 5) is 27.8. The summed E-state index contributed by atoms with van der Waals surface area (Å²) in [7, 11) is 0. The van der Waals surface area contributed by atoms with E-state index in [1.165, 1.54) is 18.5 Å². The summed E-state index contributed by atoms with van der Waals surface area (Å²) in [6.07, 6.45) is 5.91. The highest BCUT2D eigenvalue weighted by Gasteiger charge is 2.20. The quantitative estimate of drug-likeness (QED) is 0.286. The van der Waals surface area contributed by atoms with Gasteiger partial charge in [0, 0.05) is 17.8 Å². The summed E-state index contributed by atoms with van der Waals surface area (Å²) in [5, 5.41) is 27.1. The highest BCUT2D eigenvalue weighted by molar-refractivity contribution is 5.87. The van der Waals surface area contributed by atoms with Crippen LogP contribution in [0.3, 0.4) is 0 Å². The molecule has 0 spiro atoms. The molecule has 1 aliphatic rings. The zero-order valence-electron chi connectivity index (χ0n) is 15.4. The molecule has 1 fully saturated rings. The maximum absolute atomic E-state index is 11.1. The Kier molecular flexibility index (Phi) is 5.04. The second kappa shape index (κ2) is 7.80. The van der Waals surface area contributed by atoms with Gasteiger partial charge in [0.1, 0.15) is 23.0 Å². The van der Waals surface area contributed by atoms with E-state index >= 15 is 0 Å². The minimum Gasteiger partial charge on any atom is -0.393 e. The lowest BCUT2D eigenvalue weighted by atomic mass is 9.93. The molecule has 1 saturated carbocycles. The predicted molar refractivity (Wildman–Crippen MR) is 108 cm³/mol. The third-order valence-corrected chi connectivity index (χ3v) is 4.90. The standard InChI is InChI=1S/C18H20N8O3/c19-13-6-3-11(7-15(13)26(28)29)23-17-16-14(21-9-22-17)8-20-18(25-16)24-10-1-4-12(27)5-2-10/h3,6-10,12,27H,1-2,4-5,19H2,(H,20,24,25)(H,21,22,23). The minimum atomic E-state index is -0.538. The maximum Gasteiger partial charge on any atom is 0.294 e. The summed E-state index contributed by atoms with van der Waals surface area (Å²) >= 11 is 0. The largest absolute Gasteiger partial charge is 0.393 e. The van der Waals surface area contributed by atoms with E-state index in [9.17, 15) is 15.2 Å². The lowest BCUT2D eigenvalue weighted by Crippen LogP contribution is -2.28. The van der Waals surface area contributed by atoms with E-state index in [-0.39, 0.29) is 23.5 Å². The van der Waals surface area contributed by atoms with Crippen LogP contribution in [0, 0.1) is 10.1 Å². The number of aliphatic hydroxyl groups is 1. The van der Waals surface area contributed by atoms with Crippen LogP contribution >= 0.6 is 0 Å². The van der Waals surface area contributed by atoms with E-state index < -0.39 is 4.92 Å². The normalized spacial score (nSPS) is 19.1. The van der Waals surface area contributed by atoms with Crippen LogP contribution in [0.4, 0.5) is 28.8 Å². The van der Waals surface area contributed by atoms with Crippen molar-refractivity contribution in [1.29, 1.82) is 0 Å². The van der Waals surface area contributed by atoms with Crippen molar-refractivity contribution in [2.45, 2.75) is 37.8 Å². The molecule has 1 aromatic carbocycles. The average Bonchev–Trinajstić information content (AvgIpc) is 2.71. The summed E-state index contributed by atoms with van der Waals surface area (Å²) in [6.45, 7) is 0. The Morgan fingerprint density at radius 2 is 1.97 bits per heavy atom. The second-order valence-corrected chi connectivity index (χ2v) is 6.96. The predicted octanol–water partition coefficient (Wildman–Crippen LogP) is 2.37. The van der Waals surface area contributed by atoms with E-state index in [4.69, 9.17) is 5.73 Å². The number of nitrogens with two attached hydrogens (primary N) is 1. The number of nitro groups is 1. The van der Waals surface area contributed by atoms with Crippen LogP contribution in [0.1, 0.15) is 25.7 Å². The molecule has 11 nitrogen and oxygen atoms in total. The smallest absolute Gasteiger partial charge is 0.294 e. The molecule has 0 radical (unpaired) electrons. The Labute approximate surface area is 165 Å². The molecule has 3 aromatic rings. The van der Waals surface area contributed by atoms with Gasteiger partial charge in [-0.3, -0.25) is 10.1 Å². The molecule has 4 rings (SSSR count). The van der Waals surface area contributed by atoms with E-state index in [2.05, 4.69) is 30.6 Å². The molecular formula is C18H20N8O3. The third kappa shape index (κ3) is 4.14. The van der Waals surface area contributed by atoms with Crippen molar-refractivity contribution in [3.8, 4) is 0 Å². The Hall–Kier alpha value is -3.60. The molecule has 2 aromatic heterocycles. The number of anilines is 4. The molecule has 5 N–H and O–H groups in total. The van der Waals surface area contributed by atoms with Gasteiger partial charge >= 0.3 is 0 Å². The molecule has 29 heavy (non-hydrogen) atoms. The number of benzene rings is 1. The maximum atomic E-state index is 11.1. The van der Waals surface area contributed by atoms with Crippen LogP contribution in [0.15, 0.2) is 30.7 Å². The summed E-state index contributed by atoms with van der Waals surface area (Å²) in [6, 6.07) is 4.63. The Morgan fingerprint density at radius 1 is 1.17 bits per heavy atom. The number of nitrogen functional groups attached to an aromatic ring is 1. The first-order valence-corrected chi connectivity index (χ1v) is 9.23. The van der Waals surface area contributed by atoms with E-state index in [0.717, 1.165) is 25.7 Å². The molecule has 11 heteroatoms. The number of rotatable bonds is 5. The summed E-state index contributed by atoms with van der Waals surface area (Å²) in [5.74, 6) is 0.846. The third-order valence-electron chi connectivity index (χ3n) is 4.90. The second-order valence-electron chi connectivity index (χ2n) is 6.96. The number of aromatic nitrogens is 4. The number of nitro benzene ring substituents is 1. The van der Waals surface area contributed by atoms with Crippen molar-refractivity contribution in [2.75, 3.05) is 16.4 Å². The summed E-state index contributed by atoms with van der Waals surface area (Å²) in [5.41, 5.74) is 7.03. The number of aliphatic hydroxyl groups excluding tert-OH is 1. The van der Waals surface area contributed by atoms with Crippen LogP contribution in [-0.4, -0.2) is 42.1 Å². The SMILES string of the molecule is Nc1ccc(Nc2ncnc3cnc(NC4CCC(O)CC4)nc23)cc1[N+](=O)[O-]. The molecule has 0 aliphatic heterocycles. The van der Waals surface area contributed by atoms with Gasteiger partial charge in [0.05, 0.1) is 17.2 Å². The molecule has 1 aliphatic carbocycles. The van der Waals surface area contributed by atoms with Crippen LogP contribution in [-0.2, 0) is 0 Å². The van der Waals surface area contributed by atoms with Crippen molar-refractivity contribution < 1.29 is 10.0 Å². The average molecular weight is 396 g/mol. The monoisotopic (exact) mass is 396 g/mol. The Morgan fingerprint density at radius 3 is 2.72 bits per heavy atom. The fourth-order valence-corrected chi connectivity index (χ4v) is 3.33. The zero-order valence-corrected chi connectivity index (χ0v) is 15.4. The topological polar surface area (TPSA) is 165 Å². The van der Waals surface area contributed by atoms with Gasteiger partial charge in [-0.25, -0.2) is 19.9 Å². The molecule has 0 bridgehead atoms. The van der Waals surface area contributed by atoms with Gasteiger partial charge in [0.2, 0.25) is 5.95 Å². The lowest BCUT2D eigenvalue weighted by molar-refractivity contribution is -0.383. The molecule has 0 saturated heterocycles. The van der Waals surface area contributed by atoms with Crippen LogP contribution in [0.25, 0.3) is 11.0 Å². The first-order valence-electron chi connectivity index (χ1n) is 9.23. The van der Waals surface area contributed by atoms with Gasteiger partial charge in [-0.05, 0) is 37.8 Å². The van der Waals surface area contributed by atoms with E-state index in [0.29, 0.717) is 28.5 Å². The first-order chi connectivity index (χ1) is 14.0. The molecule has 150 valence electrons. The van der Waals surface area contributed by atoms with Gasteiger partial charge in [-0.15, -0.1) is 0 Å². The Bertz CT molecular complexity index is 1050. The van der Waals surface area contributed by atoms with Crippen molar-refractivity contribution in [1.82, 2.24) is 19.9 Å². The van der Waals surface area contributed by atoms with Crippen molar-refractivity contribution in [3.63, 3.8) is 0 Å².